The highest BCUT2D eigenvalue weighted by atomic mass is 32.1. The van der Waals surface area contributed by atoms with Crippen molar-refractivity contribution in [3.05, 3.63) is 75.6 Å². The first kappa shape index (κ1) is 28.9. The summed E-state index contributed by atoms with van der Waals surface area (Å²) in [6, 6.07) is -0.895. The summed E-state index contributed by atoms with van der Waals surface area (Å²) in [6.45, 7) is 8.84. The third-order valence-corrected chi connectivity index (χ3v) is 8.37. The molecule has 3 aromatic heterocycles. The number of nitrogens with zero attached hydrogens (tertiary/aromatic N) is 5. The van der Waals surface area contributed by atoms with Gasteiger partial charge in [-0.25, -0.2) is 15.0 Å². The van der Waals surface area contributed by atoms with Crippen molar-refractivity contribution in [1.82, 2.24) is 35.4 Å². The topological polar surface area (TPSA) is 130 Å². The predicted molar refractivity (Wildman–Crippen MR) is 154 cm³/mol. The molecule has 2 N–H and O–H groups in total. The molecule has 3 aliphatic rings. The number of likely N-dealkylation sites (N-methyl/N-ethyl adjacent to an activating group) is 2. The van der Waals surface area contributed by atoms with Crippen LogP contribution >= 0.6 is 11.3 Å². The minimum Gasteiger partial charge on any atom is -0.446 e. The van der Waals surface area contributed by atoms with Crippen LogP contribution in [0.1, 0.15) is 58.7 Å². The molecule has 0 fully saturated rings. The van der Waals surface area contributed by atoms with Crippen LogP contribution in [0.15, 0.2) is 51.6 Å². The van der Waals surface area contributed by atoms with Crippen LogP contribution in [0.4, 0.5) is 0 Å². The van der Waals surface area contributed by atoms with E-state index < -0.39 is 12.1 Å². The molecule has 0 radical (unpaired) electrons. The van der Waals surface area contributed by atoms with Gasteiger partial charge in [-0.3, -0.25) is 9.59 Å². The average molecular weight is 580 g/mol. The lowest BCUT2D eigenvalue weighted by atomic mass is 9.96. The van der Waals surface area contributed by atoms with Gasteiger partial charge in [-0.05, 0) is 26.6 Å². The standard InChI is InChI=1S/C16H21N3O2.C13H16N4O2S/c1-16(2)6-4-11(8-16)9-19-7-5-12-14(21-10-18-12)13(17-3)15(19)20;1-8-15-5-9(20-8)6-17-4-3-10-12(19-7-16-10)11(14-2)13(17)18/h4,6,8,10,13,17H,5,7,9H2,1-3H3;5,7,11,14H,3-4,6H2,1-2H3. The van der Waals surface area contributed by atoms with Crippen LogP contribution in [0.25, 0.3) is 0 Å². The van der Waals surface area contributed by atoms with Crippen LogP contribution in [0.5, 0.6) is 0 Å². The molecule has 0 bridgehead atoms. The summed E-state index contributed by atoms with van der Waals surface area (Å²) in [7, 11) is 3.53. The molecular weight excluding hydrogens is 542 g/mol. The third kappa shape index (κ3) is 6.34. The normalized spacial score (nSPS) is 21.5. The van der Waals surface area contributed by atoms with E-state index in [0.29, 0.717) is 44.1 Å². The van der Waals surface area contributed by atoms with Crippen LogP contribution in [0.2, 0.25) is 0 Å². The Balaban J connectivity index is 0.000000165. The van der Waals surface area contributed by atoms with Crippen LogP contribution < -0.4 is 10.6 Å². The van der Waals surface area contributed by atoms with Crippen LogP contribution in [0, 0.1) is 12.3 Å². The van der Waals surface area contributed by atoms with Gasteiger partial charge in [-0.2, -0.15) is 0 Å². The molecule has 0 saturated carbocycles. The van der Waals surface area contributed by atoms with E-state index in [2.05, 4.69) is 57.7 Å². The van der Waals surface area contributed by atoms with Crippen molar-refractivity contribution >= 4 is 23.2 Å². The summed E-state index contributed by atoms with van der Waals surface area (Å²) < 4.78 is 10.8. The van der Waals surface area contributed by atoms with Gasteiger partial charge in [0.25, 0.3) is 0 Å². The molecule has 1 aliphatic carbocycles. The van der Waals surface area contributed by atoms with Crippen molar-refractivity contribution < 1.29 is 18.4 Å². The summed E-state index contributed by atoms with van der Waals surface area (Å²) in [5.74, 6) is 1.36. The van der Waals surface area contributed by atoms with Gasteiger partial charge in [-0.1, -0.05) is 32.1 Å². The molecule has 0 spiro atoms. The molecule has 11 nitrogen and oxygen atoms in total. The van der Waals surface area contributed by atoms with E-state index in [-0.39, 0.29) is 17.2 Å². The SMILES string of the molecule is CNC1C(=O)N(CC2=CC(C)(C)C=C2)CCc2ncoc21.CNC1C(=O)N(Cc2cnc(C)s2)CCc2ncoc21. The second-order valence-corrected chi connectivity index (χ2v) is 12.3. The summed E-state index contributed by atoms with van der Waals surface area (Å²) in [5, 5.41) is 7.08. The number of oxazole rings is 2. The van der Waals surface area contributed by atoms with E-state index >= 15 is 0 Å². The first-order valence-corrected chi connectivity index (χ1v) is 14.6. The lowest BCUT2D eigenvalue weighted by molar-refractivity contribution is -0.134. The molecule has 3 aromatic rings. The predicted octanol–water partition coefficient (Wildman–Crippen LogP) is 3.13. The molecule has 0 saturated heterocycles. The second-order valence-electron chi connectivity index (χ2n) is 11.0. The van der Waals surface area contributed by atoms with Crippen molar-refractivity contribution in [2.75, 3.05) is 33.7 Å². The number of allylic oxidation sites excluding steroid dienone is 2. The lowest BCUT2D eigenvalue weighted by Gasteiger charge is -2.24. The van der Waals surface area contributed by atoms with Gasteiger partial charge in [0.1, 0.15) is 12.1 Å². The minimum atomic E-state index is -0.455. The molecular formula is C29H37N7O4S. The second kappa shape index (κ2) is 12.1. The number of amides is 2. The molecule has 5 heterocycles. The Bertz CT molecular complexity index is 1450. The first-order chi connectivity index (χ1) is 19.7. The van der Waals surface area contributed by atoms with E-state index in [9.17, 15) is 9.59 Å². The van der Waals surface area contributed by atoms with E-state index in [1.165, 1.54) is 18.4 Å². The molecule has 2 amide bonds. The van der Waals surface area contributed by atoms with Gasteiger partial charge < -0.3 is 29.3 Å². The molecule has 12 heteroatoms. The van der Waals surface area contributed by atoms with Gasteiger partial charge in [0.2, 0.25) is 11.8 Å². The summed E-state index contributed by atoms with van der Waals surface area (Å²) in [4.78, 5) is 42.8. The number of carbonyl (C=O) groups is 2. The Morgan fingerprint density at radius 3 is 1.95 bits per heavy atom. The Kier molecular flexibility index (Phi) is 8.52. The van der Waals surface area contributed by atoms with Gasteiger partial charge in [0, 0.05) is 49.0 Å². The maximum Gasteiger partial charge on any atom is 0.247 e. The van der Waals surface area contributed by atoms with Gasteiger partial charge in [-0.15, -0.1) is 11.3 Å². The fourth-order valence-corrected chi connectivity index (χ4v) is 6.21. The molecule has 218 valence electrons. The molecule has 2 unspecified atom stereocenters. The zero-order chi connectivity index (χ0) is 29.1. The van der Waals surface area contributed by atoms with E-state index in [4.69, 9.17) is 8.83 Å². The van der Waals surface area contributed by atoms with E-state index in [1.54, 1.807) is 25.4 Å². The number of rotatable bonds is 6. The van der Waals surface area contributed by atoms with E-state index in [0.717, 1.165) is 27.7 Å². The smallest absolute Gasteiger partial charge is 0.247 e. The average Bonchev–Trinajstić information content (AvgIpc) is 3.72. The Labute approximate surface area is 243 Å². The number of carbonyl (C=O) groups excluding carboxylic acids is 2. The molecule has 41 heavy (non-hydrogen) atoms. The highest BCUT2D eigenvalue weighted by Crippen LogP contribution is 2.30. The maximum absolute atomic E-state index is 12.7. The number of hydrogen-bond acceptors (Lipinski definition) is 10. The maximum atomic E-state index is 12.7. The van der Waals surface area contributed by atoms with Crippen molar-refractivity contribution in [1.29, 1.82) is 0 Å². The molecule has 0 aromatic carbocycles. The Hall–Kier alpha value is -3.61. The van der Waals surface area contributed by atoms with Crippen molar-refractivity contribution in [3.63, 3.8) is 0 Å². The number of aryl methyl sites for hydroxylation is 1. The highest BCUT2D eigenvalue weighted by molar-refractivity contribution is 7.11. The zero-order valence-corrected chi connectivity index (χ0v) is 25.0. The number of fused-ring (bicyclic) bond motifs is 2. The van der Waals surface area contributed by atoms with Crippen molar-refractivity contribution in [2.45, 2.75) is 52.2 Å². The Morgan fingerprint density at radius 2 is 1.49 bits per heavy atom. The number of hydrogen-bond donors (Lipinski definition) is 2. The summed E-state index contributed by atoms with van der Waals surface area (Å²) in [6.07, 6.45) is 12.6. The summed E-state index contributed by atoms with van der Waals surface area (Å²) in [5.41, 5.74) is 3.01. The largest absolute Gasteiger partial charge is 0.446 e. The molecule has 2 atom stereocenters. The third-order valence-electron chi connectivity index (χ3n) is 7.47. The Morgan fingerprint density at radius 1 is 0.927 bits per heavy atom. The first-order valence-electron chi connectivity index (χ1n) is 13.8. The zero-order valence-electron chi connectivity index (χ0n) is 24.1. The quantitative estimate of drug-likeness (QED) is 0.452. The minimum absolute atomic E-state index is 0.0223. The number of aromatic nitrogens is 3. The van der Waals surface area contributed by atoms with Crippen LogP contribution in [-0.2, 0) is 29.0 Å². The van der Waals surface area contributed by atoms with Crippen LogP contribution in [0.3, 0.4) is 0 Å². The van der Waals surface area contributed by atoms with Gasteiger partial charge >= 0.3 is 0 Å². The lowest BCUT2D eigenvalue weighted by Crippen LogP contribution is -2.39. The fraction of sp³-hybridized carbons (Fsp3) is 0.483. The monoisotopic (exact) mass is 579 g/mol. The van der Waals surface area contributed by atoms with Crippen molar-refractivity contribution in [2.24, 2.45) is 5.41 Å². The van der Waals surface area contributed by atoms with Gasteiger partial charge in [0.05, 0.1) is 22.9 Å². The fourth-order valence-electron chi connectivity index (χ4n) is 5.40. The number of thiazole rings is 1. The molecule has 2 aliphatic heterocycles. The van der Waals surface area contributed by atoms with Crippen molar-refractivity contribution in [3.8, 4) is 0 Å². The van der Waals surface area contributed by atoms with E-state index in [1.807, 2.05) is 22.9 Å². The molecule has 6 rings (SSSR count). The van der Waals surface area contributed by atoms with Crippen LogP contribution in [-0.4, -0.2) is 70.3 Å². The highest BCUT2D eigenvalue weighted by Gasteiger charge is 2.34. The summed E-state index contributed by atoms with van der Waals surface area (Å²) >= 11 is 1.62. The number of nitrogens with one attached hydrogen (secondary N) is 2. The van der Waals surface area contributed by atoms with Gasteiger partial charge in [0.15, 0.2) is 24.3 Å².